The van der Waals surface area contributed by atoms with Crippen LogP contribution >= 0.6 is 0 Å². The average Bonchev–Trinajstić information content (AvgIpc) is 2.96. The molecule has 0 aliphatic carbocycles. The molecule has 5 heteroatoms. The van der Waals surface area contributed by atoms with Crippen LogP contribution < -0.4 is 0 Å². The van der Waals surface area contributed by atoms with Gasteiger partial charge in [0.2, 0.25) is 0 Å². The summed E-state index contributed by atoms with van der Waals surface area (Å²) in [6, 6.07) is 1.68. The maximum Gasteiger partial charge on any atom is 0.276 e. The number of aryl methyl sites for hydroxylation is 1. The van der Waals surface area contributed by atoms with Crippen molar-refractivity contribution >= 4 is 5.91 Å². The molecule has 1 aromatic heterocycles. The highest BCUT2D eigenvalue weighted by Crippen LogP contribution is 2.15. The Kier molecular flexibility index (Phi) is 3.78. The Morgan fingerprint density at radius 1 is 1.65 bits per heavy atom. The van der Waals surface area contributed by atoms with Crippen LogP contribution in [0, 0.1) is 12.8 Å². The summed E-state index contributed by atoms with van der Waals surface area (Å²) < 4.78 is 10.2. The monoisotopic (exact) mass is 238 g/mol. The number of hydrogen-bond acceptors (Lipinski definition) is 4. The largest absolute Gasteiger partial charge is 0.381 e. The second-order valence-corrected chi connectivity index (χ2v) is 4.40. The summed E-state index contributed by atoms with van der Waals surface area (Å²) in [7, 11) is 0. The number of hydrogen-bond donors (Lipinski definition) is 0. The van der Waals surface area contributed by atoms with Gasteiger partial charge in [-0.1, -0.05) is 5.16 Å². The van der Waals surface area contributed by atoms with Gasteiger partial charge in [-0.05, 0) is 20.3 Å². The summed E-state index contributed by atoms with van der Waals surface area (Å²) >= 11 is 0. The second kappa shape index (κ2) is 5.31. The van der Waals surface area contributed by atoms with Gasteiger partial charge in [0, 0.05) is 31.7 Å². The van der Waals surface area contributed by atoms with Crippen molar-refractivity contribution in [3.8, 4) is 0 Å². The standard InChI is InChI=1S/C12H18N2O3/c1-3-14(7-10-4-5-16-8-10)12(15)11-6-9(2)17-13-11/h6,10H,3-5,7-8H2,1-2H3. The molecular weight excluding hydrogens is 220 g/mol. The van der Waals surface area contributed by atoms with Crippen LogP contribution in [-0.2, 0) is 4.74 Å². The molecule has 1 aliphatic heterocycles. The van der Waals surface area contributed by atoms with Gasteiger partial charge in [0.1, 0.15) is 5.76 Å². The lowest BCUT2D eigenvalue weighted by Crippen LogP contribution is -2.35. The number of carbonyl (C=O) groups is 1. The van der Waals surface area contributed by atoms with Crippen molar-refractivity contribution in [3.05, 3.63) is 17.5 Å². The normalized spacial score (nSPS) is 19.5. The minimum Gasteiger partial charge on any atom is -0.381 e. The molecule has 1 unspecified atom stereocenters. The first-order valence-corrected chi connectivity index (χ1v) is 6.01. The van der Waals surface area contributed by atoms with E-state index in [0.29, 0.717) is 23.9 Å². The minimum atomic E-state index is -0.0590. The van der Waals surface area contributed by atoms with E-state index in [1.165, 1.54) is 0 Å². The van der Waals surface area contributed by atoms with Gasteiger partial charge < -0.3 is 14.2 Å². The Morgan fingerprint density at radius 3 is 3.00 bits per heavy atom. The summed E-state index contributed by atoms with van der Waals surface area (Å²) in [5.74, 6) is 1.05. The van der Waals surface area contributed by atoms with E-state index in [9.17, 15) is 4.79 Å². The number of aromatic nitrogens is 1. The first-order chi connectivity index (χ1) is 8.20. The Hall–Kier alpha value is -1.36. The molecule has 0 saturated carbocycles. The molecular formula is C12H18N2O3. The summed E-state index contributed by atoms with van der Waals surface area (Å²) in [6.45, 7) is 6.73. The van der Waals surface area contributed by atoms with E-state index in [1.54, 1.807) is 17.9 Å². The maximum absolute atomic E-state index is 12.1. The number of nitrogens with zero attached hydrogens (tertiary/aromatic N) is 2. The number of ether oxygens (including phenoxy) is 1. The molecule has 0 radical (unpaired) electrons. The van der Waals surface area contributed by atoms with Gasteiger partial charge in [-0.15, -0.1) is 0 Å². The third kappa shape index (κ3) is 2.85. The Balaban J connectivity index is 1.99. The second-order valence-electron chi connectivity index (χ2n) is 4.40. The molecule has 1 saturated heterocycles. The van der Waals surface area contributed by atoms with Gasteiger partial charge >= 0.3 is 0 Å². The molecule has 5 nitrogen and oxygen atoms in total. The van der Waals surface area contributed by atoms with Gasteiger partial charge in [-0.25, -0.2) is 0 Å². The van der Waals surface area contributed by atoms with Gasteiger partial charge in [0.15, 0.2) is 5.69 Å². The smallest absolute Gasteiger partial charge is 0.276 e. The average molecular weight is 238 g/mol. The van der Waals surface area contributed by atoms with Crippen LogP contribution in [0.4, 0.5) is 0 Å². The molecule has 94 valence electrons. The molecule has 2 heterocycles. The molecule has 0 N–H and O–H groups in total. The molecule has 1 atom stereocenters. The van der Waals surface area contributed by atoms with Crippen molar-refractivity contribution in [3.63, 3.8) is 0 Å². The van der Waals surface area contributed by atoms with E-state index in [4.69, 9.17) is 9.26 Å². The van der Waals surface area contributed by atoms with Crippen LogP contribution in [0.3, 0.4) is 0 Å². The molecule has 1 amide bonds. The van der Waals surface area contributed by atoms with Crippen LogP contribution in [0.2, 0.25) is 0 Å². The predicted octanol–water partition coefficient (Wildman–Crippen LogP) is 1.48. The highest BCUT2D eigenvalue weighted by molar-refractivity contribution is 5.92. The van der Waals surface area contributed by atoms with Crippen molar-refractivity contribution in [2.24, 2.45) is 5.92 Å². The van der Waals surface area contributed by atoms with Crippen LogP contribution in [-0.4, -0.2) is 42.3 Å². The zero-order valence-corrected chi connectivity index (χ0v) is 10.3. The van der Waals surface area contributed by atoms with Crippen LogP contribution in [0.5, 0.6) is 0 Å². The van der Waals surface area contributed by atoms with Crippen molar-refractivity contribution in [2.75, 3.05) is 26.3 Å². The van der Waals surface area contributed by atoms with E-state index < -0.39 is 0 Å². The third-order valence-corrected chi connectivity index (χ3v) is 3.02. The molecule has 1 aliphatic rings. The van der Waals surface area contributed by atoms with Gasteiger partial charge in [0.05, 0.1) is 6.61 Å². The molecule has 2 rings (SSSR count). The summed E-state index contributed by atoms with van der Waals surface area (Å²) in [5, 5.41) is 3.76. The van der Waals surface area contributed by atoms with E-state index in [2.05, 4.69) is 5.16 Å². The SMILES string of the molecule is CCN(CC1CCOC1)C(=O)c1cc(C)on1. The quantitative estimate of drug-likeness (QED) is 0.797. The van der Waals surface area contributed by atoms with E-state index in [1.807, 2.05) is 6.92 Å². The van der Waals surface area contributed by atoms with Crippen LogP contribution in [0.1, 0.15) is 29.6 Å². The summed E-state index contributed by atoms with van der Waals surface area (Å²) in [5.41, 5.74) is 0.392. The zero-order chi connectivity index (χ0) is 12.3. The Bertz CT molecular complexity index is 383. The molecule has 0 spiro atoms. The van der Waals surface area contributed by atoms with Crippen LogP contribution in [0.15, 0.2) is 10.6 Å². The Labute approximate surface area is 101 Å². The molecule has 0 aromatic carbocycles. The molecule has 0 bridgehead atoms. The van der Waals surface area contributed by atoms with Crippen molar-refractivity contribution in [1.82, 2.24) is 10.1 Å². The van der Waals surface area contributed by atoms with Crippen molar-refractivity contribution in [1.29, 1.82) is 0 Å². The predicted molar refractivity (Wildman–Crippen MR) is 61.7 cm³/mol. The fraction of sp³-hybridized carbons (Fsp3) is 0.667. The minimum absolute atomic E-state index is 0.0590. The summed E-state index contributed by atoms with van der Waals surface area (Å²) in [4.78, 5) is 13.9. The lowest BCUT2D eigenvalue weighted by molar-refractivity contribution is 0.0720. The van der Waals surface area contributed by atoms with Gasteiger partial charge in [0.25, 0.3) is 5.91 Å². The van der Waals surface area contributed by atoms with E-state index in [-0.39, 0.29) is 5.91 Å². The van der Waals surface area contributed by atoms with Crippen molar-refractivity contribution < 1.29 is 14.1 Å². The topological polar surface area (TPSA) is 55.6 Å². The van der Waals surface area contributed by atoms with E-state index in [0.717, 1.165) is 26.2 Å². The third-order valence-electron chi connectivity index (χ3n) is 3.02. The summed E-state index contributed by atoms with van der Waals surface area (Å²) in [6.07, 6.45) is 1.03. The fourth-order valence-electron chi connectivity index (χ4n) is 2.02. The van der Waals surface area contributed by atoms with Gasteiger partial charge in [-0.2, -0.15) is 0 Å². The van der Waals surface area contributed by atoms with Gasteiger partial charge in [-0.3, -0.25) is 4.79 Å². The fourth-order valence-corrected chi connectivity index (χ4v) is 2.02. The van der Waals surface area contributed by atoms with Crippen molar-refractivity contribution in [2.45, 2.75) is 20.3 Å². The first-order valence-electron chi connectivity index (χ1n) is 6.01. The van der Waals surface area contributed by atoms with Crippen LogP contribution in [0.25, 0.3) is 0 Å². The molecule has 1 aromatic rings. The Morgan fingerprint density at radius 2 is 2.47 bits per heavy atom. The lowest BCUT2D eigenvalue weighted by Gasteiger charge is -2.22. The first kappa shape index (κ1) is 12.1. The lowest BCUT2D eigenvalue weighted by atomic mass is 10.1. The number of carbonyl (C=O) groups excluding carboxylic acids is 1. The maximum atomic E-state index is 12.1. The molecule has 17 heavy (non-hydrogen) atoms. The van der Waals surface area contributed by atoms with E-state index >= 15 is 0 Å². The number of amides is 1. The highest BCUT2D eigenvalue weighted by Gasteiger charge is 2.23. The highest BCUT2D eigenvalue weighted by atomic mass is 16.5. The number of rotatable bonds is 4. The zero-order valence-electron chi connectivity index (χ0n) is 10.3. The molecule has 1 fully saturated rings.